The van der Waals surface area contributed by atoms with Crippen molar-refractivity contribution in [3.05, 3.63) is 90.0 Å². The van der Waals surface area contributed by atoms with Gasteiger partial charge in [-0.1, -0.05) is 107 Å². The Morgan fingerprint density at radius 2 is 1.03 bits per heavy atom. The van der Waals surface area contributed by atoms with Gasteiger partial charge in [0.25, 0.3) is 11.8 Å². The Kier molecular flexibility index (Phi) is 12.3. The Morgan fingerprint density at radius 3 is 1.57 bits per heavy atom. The van der Waals surface area contributed by atoms with Gasteiger partial charge in [0.15, 0.2) is 0 Å². The predicted molar refractivity (Wildman–Crippen MR) is 151 cm³/mol. The van der Waals surface area contributed by atoms with Gasteiger partial charge in [-0.25, -0.2) is 0 Å². The highest BCUT2D eigenvalue weighted by Crippen LogP contribution is 2.19. The van der Waals surface area contributed by atoms with Gasteiger partial charge in [0.1, 0.15) is 5.75 Å². The fourth-order valence-electron chi connectivity index (χ4n) is 4.18. The minimum atomic E-state index is -0.379. The van der Waals surface area contributed by atoms with Crippen LogP contribution in [0.4, 0.5) is 0 Å². The summed E-state index contributed by atoms with van der Waals surface area (Å²) in [4.78, 5) is 24.8. The molecule has 0 fully saturated rings. The second-order valence-electron chi connectivity index (χ2n) is 9.41. The summed E-state index contributed by atoms with van der Waals surface area (Å²) in [5.74, 6) is -0.00470. The molecule has 5 heteroatoms. The third-order valence-corrected chi connectivity index (χ3v) is 6.43. The minimum Gasteiger partial charge on any atom is -0.494 e. The maximum absolute atomic E-state index is 12.4. The number of hydrogen-bond acceptors (Lipinski definition) is 3. The molecule has 0 saturated heterocycles. The van der Waals surface area contributed by atoms with E-state index in [0.29, 0.717) is 17.7 Å². The van der Waals surface area contributed by atoms with Gasteiger partial charge in [-0.05, 0) is 53.9 Å². The molecular weight excluding hydrogens is 460 g/mol. The first-order chi connectivity index (χ1) is 18.2. The van der Waals surface area contributed by atoms with Crippen LogP contribution in [0.15, 0.2) is 78.9 Å². The molecular formula is C32H40N2O3. The number of carbonyl (C=O) groups is 2. The van der Waals surface area contributed by atoms with Crippen LogP contribution in [0.2, 0.25) is 0 Å². The summed E-state index contributed by atoms with van der Waals surface area (Å²) in [7, 11) is 0. The van der Waals surface area contributed by atoms with Gasteiger partial charge in [-0.15, -0.1) is 0 Å². The molecule has 0 saturated carbocycles. The molecule has 0 aliphatic heterocycles. The first-order valence-corrected chi connectivity index (χ1v) is 13.7. The maximum Gasteiger partial charge on any atom is 0.269 e. The van der Waals surface area contributed by atoms with Crippen molar-refractivity contribution in [2.45, 2.75) is 71.1 Å². The zero-order valence-electron chi connectivity index (χ0n) is 22.0. The molecule has 0 spiro atoms. The van der Waals surface area contributed by atoms with Crippen LogP contribution in [0.25, 0.3) is 11.1 Å². The van der Waals surface area contributed by atoms with Crippen LogP contribution in [-0.2, 0) is 0 Å². The van der Waals surface area contributed by atoms with Crippen LogP contribution < -0.4 is 15.6 Å². The van der Waals surface area contributed by atoms with Crippen LogP contribution in [-0.4, -0.2) is 18.4 Å². The highest BCUT2D eigenvalue weighted by molar-refractivity contribution is 5.99. The van der Waals surface area contributed by atoms with Crippen molar-refractivity contribution in [2.75, 3.05) is 6.61 Å². The lowest BCUT2D eigenvalue weighted by Gasteiger charge is -2.09. The number of hydrogen-bond donors (Lipinski definition) is 2. The molecule has 0 aliphatic carbocycles. The SMILES string of the molecule is CCCCCCCCCCCCOc1ccc(C(=O)NNC(=O)c2ccc(-c3ccccc3)cc2)cc1. The van der Waals surface area contributed by atoms with Crippen LogP contribution in [0.5, 0.6) is 5.75 Å². The van der Waals surface area contributed by atoms with Crippen molar-refractivity contribution in [2.24, 2.45) is 0 Å². The number of hydrazine groups is 1. The fourth-order valence-corrected chi connectivity index (χ4v) is 4.18. The second-order valence-corrected chi connectivity index (χ2v) is 9.41. The average Bonchev–Trinajstić information content (AvgIpc) is 2.95. The molecule has 0 radical (unpaired) electrons. The number of nitrogens with one attached hydrogen (secondary N) is 2. The number of unbranched alkanes of at least 4 members (excludes halogenated alkanes) is 9. The van der Waals surface area contributed by atoms with E-state index in [0.717, 1.165) is 23.3 Å². The lowest BCUT2D eigenvalue weighted by molar-refractivity contribution is 0.0846. The summed E-state index contributed by atoms with van der Waals surface area (Å²) in [5, 5.41) is 0. The van der Waals surface area contributed by atoms with Gasteiger partial charge < -0.3 is 4.74 Å². The Bertz CT molecular complexity index is 1060. The minimum absolute atomic E-state index is 0.371. The Balaban J connectivity index is 1.31. The van der Waals surface area contributed by atoms with Crippen molar-refractivity contribution < 1.29 is 14.3 Å². The molecule has 3 aromatic carbocycles. The van der Waals surface area contributed by atoms with Crippen molar-refractivity contribution in [3.63, 3.8) is 0 Å². The zero-order valence-corrected chi connectivity index (χ0v) is 22.0. The summed E-state index contributed by atoms with van der Waals surface area (Å²) >= 11 is 0. The second kappa shape index (κ2) is 16.2. The molecule has 0 bridgehead atoms. The molecule has 0 unspecified atom stereocenters. The molecule has 2 N–H and O–H groups in total. The van der Waals surface area contributed by atoms with Crippen LogP contribution in [0, 0.1) is 0 Å². The Labute approximate surface area is 221 Å². The van der Waals surface area contributed by atoms with Gasteiger partial charge in [0, 0.05) is 11.1 Å². The monoisotopic (exact) mass is 500 g/mol. The van der Waals surface area contributed by atoms with Crippen molar-refractivity contribution >= 4 is 11.8 Å². The quantitative estimate of drug-likeness (QED) is 0.166. The fraction of sp³-hybridized carbons (Fsp3) is 0.375. The first-order valence-electron chi connectivity index (χ1n) is 13.7. The number of ether oxygens (including phenoxy) is 1. The average molecular weight is 501 g/mol. The van der Waals surface area contributed by atoms with E-state index in [9.17, 15) is 9.59 Å². The molecule has 0 aromatic heterocycles. The van der Waals surface area contributed by atoms with Gasteiger partial charge in [0.2, 0.25) is 0 Å². The molecule has 3 aromatic rings. The van der Waals surface area contributed by atoms with Gasteiger partial charge >= 0.3 is 0 Å². The van der Waals surface area contributed by atoms with Crippen molar-refractivity contribution in [3.8, 4) is 16.9 Å². The maximum atomic E-state index is 12.4. The number of rotatable bonds is 15. The third kappa shape index (κ3) is 10.1. The largest absolute Gasteiger partial charge is 0.494 e. The topological polar surface area (TPSA) is 67.4 Å². The zero-order chi connectivity index (χ0) is 26.1. The molecule has 5 nitrogen and oxygen atoms in total. The molecule has 37 heavy (non-hydrogen) atoms. The van der Waals surface area contributed by atoms with Gasteiger partial charge in [0.05, 0.1) is 6.61 Å². The van der Waals surface area contributed by atoms with E-state index in [1.165, 1.54) is 57.8 Å². The van der Waals surface area contributed by atoms with Gasteiger partial charge in [-0.3, -0.25) is 20.4 Å². The molecule has 2 amide bonds. The highest BCUT2D eigenvalue weighted by atomic mass is 16.5. The molecule has 0 atom stereocenters. The lowest BCUT2D eigenvalue weighted by Crippen LogP contribution is -2.41. The van der Waals surface area contributed by atoms with E-state index in [2.05, 4.69) is 17.8 Å². The first kappa shape index (κ1) is 28.0. The van der Waals surface area contributed by atoms with E-state index >= 15 is 0 Å². The van der Waals surface area contributed by atoms with Crippen LogP contribution in [0.3, 0.4) is 0 Å². The summed E-state index contributed by atoms with van der Waals surface area (Å²) in [6, 6.07) is 24.2. The van der Waals surface area contributed by atoms with Crippen LogP contribution >= 0.6 is 0 Å². The normalized spacial score (nSPS) is 10.6. The predicted octanol–water partition coefficient (Wildman–Crippen LogP) is 7.73. The van der Waals surface area contributed by atoms with E-state index in [-0.39, 0.29) is 11.8 Å². The van der Waals surface area contributed by atoms with Crippen LogP contribution in [0.1, 0.15) is 91.8 Å². The highest BCUT2D eigenvalue weighted by Gasteiger charge is 2.10. The molecule has 0 heterocycles. The summed E-state index contributed by atoms with van der Waals surface area (Å²) in [6.45, 7) is 2.93. The Hall–Kier alpha value is -3.60. The number of amides is 2. The molecule has 0 aliphatic rings. The number of benzene rings is 3. The van der Waals surface area contributed by atoms with Crippen molar-refractivity contribution in [1.82, 2.24) is 10.9 Å². The smallest absolute Gasteiger partial charge is 0.269 e. The molecule has 196 valence electrons. The summed E-state index contributed by atoms with van der Waals surface area (Å²) in [5.41, 5.74) is 7.98. The summed E-state index contributed by atoms with van der Waals surface area (Å²) in [6.07, 6.45) is 12.9. The van der Waals surface area contributed by atoms with E-state index < -0.39 is 0 Å². The van der Waals surface area contributed by atoms with Gasteiger partial charge in [-0.2, -0.15) is 0 Å². The van der Waals surface area contributed by atoms with Crippen molar-refractivity contribution in [1.29, 1.82) is 0 Å². The number of carbonyl (C=O) groups excluding carboxylic acids is 2. The standard InChI is InChI=1S/C32H40N2O3/c1-2-3-4-5-6-7-8-9-10-14-25-37-30-23-21-29(22-24-30)32(36)34-33-31(35)28-19-17-27(18-20-28)26-15-12-11-13-16-26/h11-13,15-24H,2-10,14,25H2,1H3,(H,33,35)(H,34,36). The van der Waals surface area contributed by atoms with E-state index in [4.69, 9.17) is 4.74 Å². The molecule has 3 rings (SSSR count). The Morgan fingerprint density at radius 1 is 0.568 bits per heavy atom. The third-order valence-electron chi connectivity index (χ3n) is 6.43. The lowest BCUT2D eigenvalue weighted by atomic mass is 10.0. The van der Waals surface area contributed by atoms with E-state index in [1.54, 1.807) is 36.4 Å². The van der Waals surface area contributed by atoms with E-state index in [1.807, 2.05) is 42.5 Å². The summed E-state index contributed by atoms with van der Waals surface area (Å²) < 4.78 is 5.81.